The van der Waals surface area contributed by atoms with Crippen LogP contribution in [0, 0.1) is 0 Å². The first-order valence-corrected chi connectivity index (χ1v) is 7.56. The van der Waals surface area contributed by atoms with Crippen LogP contribution in [0.1, 0.15) is 0 Å². The van der Waals surface area contributed by atoms with Crippen molar-refractivity contribution in [2.45, 2.75) is 0 Å². The highest BCUT2D eigenvalue weighted by Crippen LogP contribution is 2.21. The summed E-state index contributed by atoms with van der Waals surface area (Å²) in [7, 11) is 1.86. The van der Waals surface area contributed by atoms with Crippen LogP contribution in [0.3, 0.4) is 0 Å². The molecule has 6 heteroatoms. The van der Waals surface area contributed by atoms with Crippen LogP contribution < -0.4 is 16.2 Å². The molecule has 0 radical (unpaired) electrons. The highest BCUT2D eigenvalue weighted by atomic mass is 32.1. The van der Waals surface area contributed by atoms with Gasteiger partial charge in [-0.25, -0.2) is 5.84 Å². The quantitative estimate of drug-likeness (QED) is 0.440. The Balaban J connectivity index is 1.78. The molecule has 116 valence electrons. The maximum atomic E-state index is 6.05. The van der Waals surface area contributed by atoms with Crippen molar-refractivity contribution in [3.63, 3.8) is 0 Å². The number of nitrogens with one attached hydrogen (secondary N) is 1. The van der Waals surface area contributed by atoms with Crippen molar-refractivity contribution >= 4 is 28.8 Å². The number of rotatable bonds is 3. The number of nitrogens with two attached hydrogens (primary N) is 1. The molecule has 0 saturated carbocycles. The lowest BCUT2D eigenvalue weighted by Crippen LogP contribution is -2.40. The van der Waals surface area contributed by atoms with Crippen LogP contribution in [0.4, 0.5) is 11.5 Å². The molecule has 0 aliphatic rings. The van der Waals surface area contributed by atoms with Crippen molar-refractivity contribution in [3.8, 4) is 11.3 Å². The predicted octanol–water partition coefficient (Wildman–Crippen LogP) is 3.16. The Bertz CT molecular complexity index is 798. The molecule has 2 aromatic carbocycles. The van der Waals surface area contributed by atoms with E-state index in [2.05, 4.69) is 10.4 Å². The minimum absolute atomic E-state index is 0.402. The number of hydrogen-bond donors (Lipinski definition) is 2. The van der Waals surface area contributed by atoms with E-state index >= 15 is 0 Å². The van der Waals surface area contributed by atoms with Crippen LogP contribution in [0.25, 0.3) is 11.3 Å². The molecule has 0 aliphatic heterocycles. The second-order valence-electron chi connectivity index (χ2n) is 5.04. The van der Waals surface area contributed by atoms with Gasteiger partial charge in [0.05, 0.1) is 11.4 Å². The summed E-state index contributed by atoms with van der Waals surface area (Å²) >= 11 is 5.38. The summed E-state index contributed by atoms with van der Waals surface area (Å²) < 4.78 is 1.74. The Labute approximate surface area is 140 Å². The lowest BCUT2D eigenvalue weighted by Gasteiger charge is -2.20. The van der Waals surface area contributed by atoms with Gasteiger partial charge >= 0.3 is 0 Å². The van der Waals surface area contributed by atoms with Gasteiger partial charge in [-0.05, 0) is 24.4 Å². The third-order valence-electron chi connectivity index (χ3n) is 3.44. The number of hydrazine groups is 1. The van der Waals surface area contributed by atoms with E-state index < -0.39 is 0 Å². The lowest BCUT2D eigenvalue weighted by molar-refractivity contribution is 0.780. The number of aromatic nitrogens is 2. The van der Waals surface area contributed by atoms with Crippen molar-refractivity contribution in [2.75, 3.05) is 10.3 Å². The molecule has 1 aromatic heterocycles. The monoisotopic (exact) mass is 323 g/mol. The molecule has 0 fully saturated rings. The average molecular weight is 323 g/mol. The largest absolute Gasteiger partial charge is 0.316 e. The van der Waals surface area contributed by atoms with Gasteiger partial charge in [-0.2, -0.15) is 5.10 Å². The van der Waals surface area contributed by atoms with Gasteiger partial charge in [0.1, 0.15) is 5.82 Å². The van der Waals surface area contributed by atoms with Gasteiger partial charge in [0.25, 0.3) is 0 Å². The second-order valence-corrected chi connectivity index (χ2v) is 5.43. The molecule has 0 atom stereocenters. The van der Waals surface area contributed by atoms with Gasteiger partial charge < -0.3 is 5.32 Å². The molecule has 0 aliphatic carbocycles. The Morgan fingerprint density at radius 1 is 1.09 bits per heavy atom. The minimum atomic E-state index is 0.402. The van der Waals surface area contributed by atoms with Crippen LogP contribution in [0.5, 0.6) is 0 Å². The van der Waals surface area contributed by atoms with Crippen LogP contribution in [-0.4, -0.2) is 14.9 Å². The fraction of sp³-hybridized carbons (Fsp3) is 0.0588. The Kier molecular flexibility index (Phi) is 4.36. The van der Waals surface area contributed by atoms with Crippen molar-refractivity contribution in [3.05, 3.63) is 66.7 Å². The van der Waals surface area contributed by atoms with E-state index in [1.807, 2.05) is 73.8 Å². The predicted molar refractivity (Wildman–Crippen MR) is 98.0 cm³/mol. The molecule has 0 bridgehead atoms. The summed E-state index contributed by atoms with van der Waals surface area (Å²) in [6.45, 7) is 0. The highest BCUT2D eigenvalue weighted by Gasteiger charge is 2.12. The van der Waals surface area contributed by atoms with Crippen molar-refractivity contribution in [1.29, 1.82) is 0 Å². The van der Waals surface area contributed by atoms with Crippen LogP contribution in [-0.2, 0) is 7.05 Å². The molecule has 1 heterocycles. The summed E-state index contributed by atoms with van der Waals surface area (Å²) in [6, 6.07) is 21.5. The van der Waals surface area contributed by atoms with Crippen LogP contribution in [0.15, 0.2) is 66.7 Å². The zero-order valence-electron chi connectivity index (χ0n) is 12.7. The maximum absolute atomic E-state index is 6.05. The Morgan fingerprint density at radius 3 is 2.35 bits per heavy atom. The van der Waals surface area contributed by atoms with Gasteiger partial charge in [-0.3, -0.25) is 9.69 Å². The summed E-state index contributed by atoms with van der Waals surface area (Å²) in [5.41, 5.74) is 2.74. The number of benzene rings is 2. The molecular formula is C17H17N5S. The first-order chi connectivity index (χ1) is 11.1. The van der Waals surface area contributed by atoms with Gasteiger partial charge in [-0.15, -0.1) is 0 Å². The van der Waals surface area contributed by atoms with Crippen molar-refractivity contribution < 1.29 is 0 Å². The Hall–Kier alpha value is -2.70. The summed E-state index contributed by atoms with van der Waals surface area (Å²) in [4.78, 5) is 0. The SMILES string of the molecule is Cn1nc(-c2ccccc2)cc1NC(=S)N(N)c1ccccc1. The second kappa shape index (κ2) is 6.60. The molecule has 23 heavy (non-hydrogen) atoms. The highest BCUT2D eigenvalue weighted by molar-refractivity contribution is 7.80. The molecule has 0 unspecified atom stereocenters. The minimum Gasteiger partial charge on any atom is -0.316 e. The molecule has 5 nitrogen and oxygen atoms in total. The number of aryl methyl sites for hydroxylation is 1. The van der Waals surface area contributed by atoms with Gasteiger partial charge in [0, 0.05) is 18.7 Å². The van der Waals surface area contributed by atoms with Crippen LogP contribution >= 0.6 is 12.2 Å². The summed E-state index contributed by atoms with van der Waals surface area (Å²) in [6.07, 6.45) is 0. The summed E-state index contributed by atoms with van der Waals surface area (Å²) in [5.74, 6) is 6.83. The third-order valence-corrected chi connectivity index (χ3v) is 3.74. The zero-order valence-corrected chi connectivity index (χ0v) is 13.5. The van der Waals surface area contributed by atoms with Crippen LogP contribution in [0.2, 0.25) is 0 Å². The number of para-hydroxylation sites is 1. The van der Waals surface area contributed by atoms with Gasteiger partial charge in [0.15, 0.2) is 5.11 Å². The average Bonchev–Trinajstić information content (AvgIpc) is 2.96. The van der Waals surface area contributed by atoms with Crippen molar-refractivity contribution in [2.24, 2.45) is 12.9 Å². The normalized spacial score (nSPS) is 10.3. The molecule has 0 saturated heterocycles. The zero-order chi connectivity index (χ0) is 16.2. The van der Waals surface area contributed by atoms with E-state index in [9.17, 15) is 0 Å². The van der Waals surface area contributed by atoms with E-state index in [0.717, 1.165) is 22.8 Å². The molecule has 0 spiro atoms. The number of thiocarbonyl (C=S) groups is 1. The number of nitrogens with zero attached hydrogens (tertiary/aromatic N) is 3. The molecule has 3 N–H and O–H groups in total. The van der Waals surface area contributed by atoms with E-state index in [-0.39, 0.29) is 0 Å². The first-order valence-electron chi connectivity index (χ1n) is 7.15. The maximum Gasteiger partial charge on any atom is 0.193 e. The first kappa shape index (κ1) is 15.2. The van der Waals surface area contributed by atoms with Gasteiger partial charge in [0.2, 0.25) is 0 Å². The van der Waals surface area contributed by atoms with Crippen molar-refractivity contribution in [1.82, 2.24) is 9.78 Å². The Morgan fingerprint density at radius 2 is 1.70 bits per heavy atom. The molecule has 0 amide bonds. The van der Waals surface area contributed by atoms with E-state index in [4.69, 9.17) is 18.1 Å². The summed E-state index contributed by atoms with van der Waals surface area (Å²) in [5, 5.41) is 9.47. The molecule has 3 rings (SSSR count). The number of hydrogen-bond acceptors (Lipinski definition) is 3. The lowest BCUT2D eigenvalue weighted by atomic mass is 10.2. The topological polar surface area (TPSA) is 59.1 Å². The fourth-order valence-electron chi connectivity index (χ4n) is 2.21. The van der Waals surface area contributed by atoms with E-state index in [0.29, 0.717) is 5.11 Å². The third kappa shape index (κ3) is 3.39. The van der Waals surface area contributed by atoms with Gasteiger partial charge in [-0.1, -0.05) is 48.5 Å². The smallest absolute Gasteiger partial charge is 0.193 e. The molecular weight excluding hydrogens is 306 g/mol. The fourth-order valence-corrected chi connectivity index (χ4v) is 2.42. The number of anilines is 2. The van der Waals surface area contributed by atoms with E-state index in [1.165, 1.54) is 5.01 Å². The standard InChI is InChI=1S/C17H17N5S/c1-21-16(12-15(20-21)13-8-4-2-5-9-13)19-17(23)22(18)14-10-6-3-7-11-14/h2-12H,18H2,1H3,(H,19,23). The molecule has 3 aromatic rings. The van der Waals surface area contributed by atoms with E-state index in [1.54, 1.807) is 4.68 Å².